The molecule has 0 aliphatic heterocycles. The molecule has 0 spiro atoms. The number of phenolic OH excluding ortho intramolecular Hbond substituents is 1. The van der Waals surface area contributed by atoms with E-state index < -0.39 is 5.97 Å². The third kappa shape index (κ3) is 4.44. The van der Waals surface area contributed by atoms with E-state index in [1.54, 1.807) is 6.07 Å². The van der Waals surface area contributed by atoms with Crippen LogP contribution in [0.5, 0.6) is 5.75 Å². The molecule has 94 valence electrons. The number of aryl methyl sites for hydroxylation is 1. The fourth-order valence-corrected chi connectivity index (χ4v) is 1.69. The van der Waals surface area contributed by atoms with Crippen molar-refractivity contribution in [1.29, 1.82) is 0 Å². The monoisotopic (exact) mass is 237 g/mol. The lowest BCUT2D eigenvalue weighted by Crippen LogP contribution is -2.20. The van der Waals surface area contributed by atoms with Crippen molar-refractivity contribution in [2.45, 2.75) is 32.7 Å². The second-order valence-electron chi connectivity index (χ2n) is 4.24. The first-order chi connectivity index (χ1) is 8.00. The van der Waals surface area contributed by atoms with E-state index in [0.717, 1.165) is 11.1 Å². The highest BCUT2D eigenvalue weighted by Gasteiger charge is 2.09. The molecule has 0 aliphatic rings. The van der Waals surface area contributed by atoms with Crippen molar-refractivity contribution in [3.63, 3.8) is 0 Å². The Morgan fingerprint density at radius 2 is 2.18 bits per heavy atom. The van der Waals surface area contributed by atoms with Gasteiger partial charge in [-0.3, -0.25) is 4.79 Å². The Kier molecular flexibility index (Phi) is 4.97. The van der Waals surface area contributed by atoms with Crippen LogP contribution < -0.4 is 5.32 Å². The molecule has 4 nitrogen and oxygen atoms in total. The second kappa shape index (κ2) is 6.25. The summed E-state index contributed by atoms with van der Waals surface area (Å²) in [6.45, 7) is 4.55. The number of carbonyl (C=O) groups is 1. The molecule has 17 heavy (non-hydrogen) atoms. The number of nitrogens with one attached hydrogen (secondary N) is 1. The molecule has 4 heteroatoms. The number of aliphatic carboxylic acids is 1. The third-order valence-electron chi connectivity index (χ3n) is 2.67. The molecule has 0 bridgehead atoms. The van der Waals surface area contributed by atoms with Crippen LogP contribution in [0.3, 0.4) is 0 Å². The fourth-order valence-electron chi connectivity index (χ4n) is 1.69. The molecule has 0 aliphatic carbocycles. The zero-order valence-corrected chi connectivity index (χ0v) is 10.2. The molecule has 1 rings (SSSR count). The Bertz CT molecular complexity index is 390. The summed E-state index contributed by atoms with van der Waals surface area (Å²) in [5.74, 6) is -0.508. The molecule has 1 atom stereocenters. The van der Waals surface area contributed by atoms with Crippen LogP contribution in [0.2, 0.25) is 0 Å². The molecule has 3 N–H and O–H groups in total. The van der Waals surface area contributed by atoms with Gasteiger partial charge in [0.05, 0.1) is 0 Å². The first-order valence-corrected chi connectivity index (χ1v) is 5.75. The van der Waals surface area contributed by atoms with E-state index in [4.69, 9.17) is 5.11 Å². The predicted octanol–water partition coefficient (Wildman–Crippen LogP) is 2.22. The Balaban J connectivity index is 2.49. The Hall–Kier alpha value is -1.55. The van der Waals surface area contributed by atoms with Gasteiger partial charge in [-0.05, 0) is 32.9 Å². The van der Waals surface area contributed by atoms with Gasteiger partial charge < -0.3 is 15.5 Å². The van der Waals surface area contributed by atoms with Crippen molar-refractivity contribution < 1.29 is 15.0 Å². The molecule has 0 heterocycles. The number of hydrogen-bond donors (Lipinski definition) is 3. The van der Waals surface area contributed by atoms with Gasteiger partial charge in [-0.25, -0.2) is 0 Å². The number of benzene rings is 1. The van der Waals surface area contributed by atoms with Crippen molar-refractivity contribution in [2.24, 2.45) is 0 Å². The van der Waals surface area contributed by atoms with Crippen LogP contribution in [-0.2, 0) is 4.79 Å². The largest absolute Gasteiger partial charge is 0.508 e. The Morgan fingerprint density at radius 3 is 2.82 bits per heavy atom. The van der Waals surface area contributed by atoms with E-state index in [2.05, 4.69) is 5.32 Å². The maximum absolute atomic E-state index is 10.3. The number of carboxylic acid groups (broad SMARTS) is 1. The molecule has 0 aromatic heterocycles. The van der Waals surface area contributed by atoms with Crippen LogP contribution in [0, 0.1) is 6.92 Å². The summed E-state index contributed by atoms with van der Waals surface area (Å²) in [7, 11) is 0. The average molecular weight is 237 g/mol. The SMILES string of the molecule is Cc1ccc(O)c(C(C)NCCCC(=O)O)c1. The van der Waals surface area contributed by atoms with Gasteiger partial charge in [0, 0.05) is 18.0 Å². The number of rotatable bonds is 6. The number of aromatic hydroxyl groups is 1. The Morgan fingerprint density at radius 1 is 1.47 bits per heavy atom. The molecule has 1 aromatic rings. The molecule has 1 unspecified atom stereocenters. The summed E-state index contributed by atoms with van der Waals surface area (Å²) in [6.07, 6.45) is 0.756. The molecular weight excluding hydrogens is 218 g/mol. The molecule has 0 saturated carbocycles. The fraction of sp³-hybridized carbons (Fsp3) is 0.462. The first-order valence-electron chi connectivity index (χ1n) is 5.75. The zero-order valence-electron chi connectivity index (χ0n) is 10.2. The van der Waals surface area contributed by atoms with Crippen molar-refractivity contribution in [3.05, 3.63) is 29.3 Å². The van der Waals surface area contributed by atoms with Gasteiger partial charge in [0.25, 0.3) is 0 Å². The van der Waals surface area contributed by atoms with Gasteiger partial charge in [-0.1, -0.05) is 17.7 Å². The van der Waals surface area contributed by atoms with Crippen molar-refractivity contribution >= 4 is 5.97 Å². The summed E-state index contributed by atoms with van der Waals surface area (Å²) in [4.78, 5) is 10.3. The first kappa shape index (κ1) is 13.5. The quantitative estimate of drug-likeness (QED) is 0.663. The minimum Gasteiger partial charge on any atom is -0.508 e. The molecule has 1 aromatic carbocycles. The number of carboxylic acids is 1. The molecule has 0 fully saturated rings. The summed E-state index contributed by atoms with van der Waals surface area (Å²) < 4.78 is 0. The van der Waals surface area contributed by atoms with Crippen molar-refractivity contribution in [2.75, 3.05) is 6.54 Å². The van der Waals surface area contributed by atoms with Crippen LogP contribution in [-0.4, -0.2) is 22.7 Å². The maximum atomic E-state index is 10.3. The van der Waals surface area contributed by atoms with Gasteiger partial charge in [0.15, 0.2) is 0 Å². The second-order valence-corrected chi connectivity index (χ2v) is 4.24. The summed E-state index contributed by atoms with van der Waals surface area (Å²) in [5.41, 5.74) is 1.94. The standard InChI is InChI=1S/C13H19NO3/c1-9-5-6-12(15)11(8-9)10(2)14-7-3-4-13(16)17/h5-6,8,10,14-15H,3-4,7H2,1-2H3,(H,16,17). The third-order valence-corrected chi connectivity index (χ3v) is 2.67. The van der Waals surface area contributed by atoms with E-state index in [0.29, 0.717) is 13.0 Å². The minimum atomic E-state index is -0.780. The molecular formula is C13H19NO3. The van der Waals surface area contributed by atoms with Crippen LogP contribution in [0.15, 0.2) is 18.2 Å². The number of hydrogen-bond acceptors (Lipinski definition) is 3. The lowest BCUT2D eigenvalue weighted by molar-refractivity contribution is -0.137. The highest BCUT2D eigenvalue weighted by molar-refractivity contribution is 5.66. The predicted molar refractivity (Wildman–Crippen MR) is 66.1 cm³/mol. The van der Waals surface area contributed by atoms with Crippen LogP contribution in [0.4, 0.5) is 0 Å². The maximum Gasteiger partial charge on any atom is 0.303 e. The highest BCUT2D eigenvalue weighted by atomic mass is 16.4. The molecule has 0 saturated heterocycles. The summed E-state index contributed by atoms with van der Waals surface area (Å²) in [5, 5.41) is 21.4. The van der Waals surface area contributed by atoms with E-state index >= 15 is 0 Å². The van der Waals surface area contributed by atoms with E-state index in [-0.39, 0.29) is 18.2 Å². The topological polar surface area (TPSA) is 69.6 Å². The van der Waals surface area contributed by atoms with E-state index in [9.17, 15) is 9.90 Å². The van der Waals surface area contributed by atoms with Gasteiger partial charge in [0.2, 0.25) is 0 Å². The van der Waals surface area contributed by atoms with Gasteiger partial charge in [0.1, 0.15) is 5.75 Å². The average Bonchev–Trinajstić information content (AvgIpc) is 2.27. The van der Waals surface area contributed by atoms with Crippen molar-refractivity contribution in [3.8, 4) is 5.75 Å². The van der Waals surface area contributed by atoms with Crippen LogP contribution >= 0.6 is 0 Å². The van der Waals surface area contributed by atoms with E-state index in [1.807, 2.05) is 26.0 Å². The van der Waals surface area contributed by atoms with Gasteiger partial charge in [-0.2, -0.15) is 0 Å². The van der Waals surface area contributed by atoms with Crippen LogP contribution in [0.1, 0.15) is 36.9 Å². The van der Waals surface area contributed by atoms with Gasteiger partial charge >= 0.3 is 5.97 Å². The van der Waals surface area contributed by atoms with Crippen LogP contribution in [0.25, 0.3) is 0 Å². The van der Waals surface area contributed by atoms with Gasteiger partial charge in [-0.15, -0.1) is 0 Å². The molecule has 0 radical (unpaired) electrons. The lowest BCUT2D eigenvalue weighted by Gasteiger charge is -2.15. The van der Waals surface area contributed by atoms with Crippen molar-refractivity contribution in [1.82, 2.24) is 5.32 Å². The smallest absolute Gasteiger partial charge is 0.303 e. The number of phenols is 1. The minimum absolute atomic E-state index is 0.0173. The Labute approximate surface area is 101 Å². The van der Waals surface area contributed by atoms with E-state index in [1.165, 1.54) is 0 Å². The highest BCUT2D eigenvalue weighted by Crippen LogP contribution is 2.24. The summed E-state index contributed by atoms with van der Waals surface area (Å²) in [6, 6.07) is 5.49. The zero-order chi connectivity index (χ0) is 12.8. The molecule has 0 amide bonds. The lowest BCUT2D eigenvalue weighted by atomic mass is 10.0. The summed E-state index contributed by atoms with van der Waals surface area (Å²) >= 11 is 0. The normalized spacial score (nSPS) is 12.4.